The molecule has 4 heteroatoms. The average molecular weight is 178 g/mol. The summed E-state index contributed by atoms with van der Waals surface area (Å²) in [6, 6.07) is 5.37. The normalized spacial score (nSPS) is 10.0. The fourth-order valence-electron chi connectivity index (χ4n) is 1.05. The minimum atomic E-state index is 0.477. The predicted molar refractivity (Wildman–Crippen MR) is 45.8 cm³/mol. The van der Waals surface area contributed by atoms with E-state index in [2.05, 4.69) is 9.97 Å². The smallest absolute Gasteiger partial charge is 0.139 e. The van der Waals surface area contributed by atoms with Crippen LogP contribution in [0, 0.1) is 11.3 Å². The van der Waals surface area contributed by atoms with Gasteiger partial charge in [-0.25, -0.2) is 4.98 Å². The molecular formula is C8H4ClN3. The van der Waals surface area contributed by atoms with Crippen molar-refractivity contribution in [1.29, 1.82) is 5.26 Å². The van der Waals surface area contributed by atoms with Gasteiger partial charge in [-0.15, -0.1) is 0 Å². The number of nitrogens with zero attached hydrogens (tertiary/aromatic N) is 2. The van der Waals surface area contributed by atoms with E-state index in [0.29, 0.717) is 16.4 Å². The van der Waals surface area contributed by atoms with Crippen molar-refractivity contribution in [1.82, 2.24) is 9.97 Å². The van der Waals surface area contributed by atoms with E-state index in [-0.39, 0.29) is 0 Å². The lowest BCUT2D eigenvalue weighted by atomic mass is 10.3. The monoisotopic (exact) mass is 177 g/mol. The molecule has 12 heavy (non-hydrogen) atoms. The molecule has 0 saturated heterocycles. The van der Waals surface area contributed by atoms with Gasteiger partial charge in [0, 0.05) is 11.6 Å². The molecule has 0 fully saturated rings. The first kappa shape index (κ1) is 7.14. The zero-order chi connectivity index (χ0) is 8.55. The van der Waals surface area contributed by atoms with Crippen LogP contribution in [0.2, 0.25) is 5.02 Å². The summed E-state index contributed by atoms with van der Waals surface area (Å²) in [6.45, 7) is 0. The zero-order valence-electron chi connectivity index (χ0n) is 6.00. The van der Waals surface area contributed by atoms with Gasteiger partial charge in [0.05, 0.1) is 5.02 Å². The number of aromatic nitrogens is 2. The molecule has 3 nitrogen and oxygen atoms in total. The van der Waals surface area contributed by atoms with Crippen LogP contribution >= 0.6 is 11.6 Å². The molecule has 1 N–H and O–H groups in total. The Kier molecular flexibility index (Phi) is 1.49. The van der Waals surface area contributed by atoms with E-state index in [0.717, 1.165) is 5.39 Å². The number of halogens is 1. The molecule has 0 bridgehead atoms. The van der Waals surface area contributed by atoms with Crippen molar-refractivity contribution in [3.8, 4) is 6.07 Å². The number of H-pyrrole nitrogens is 1. The molecule has 0 amide bonds. The van der Waals surface area contributed by atoms with E-state index in [4.69, 9.17) is 16.9 Å². The minimum Gasteiger partial charge on any atom is -0.331 e. The first-order valence-electron chi connectivity index (χ1n) is 3.34. The van der Waals surface area contributed by atoms with Gasteiger partial charge in [0.25, 0.3) is 0 Å². The molecule has 2 heterocycles. The number of fused-ring (bicyclic) bond motifs is 1. The summed E-state index contributed by atoms with van der Waals surface area (Å²) in [5.74, 6) is 0. The maximum absolute atomic E-state index is 8.58. The maximum atomic E-state index is 8.58. The molecular weight excluding hydrogens is 174 g/mol. The van der Waals surface area contributed by atoms with Crippen molar-refractivity contribution in [2.45, 2.75) is 0 Å². The Hall–Kier alpha value is -1.53. The van der Waals surface area contributed by atoms with E-state index < -0.39 is 0 Å². The fourth-order valence-corrected chi connectivity index (χ4v) is 1.26. The van der Waals surface area contributed by atoms with Gasteiger partial charge in [0.15, 0.2) is 0 Å². The molecule has 0 saturated carbocycles. The molecule has 0 unspecified atom stereocenters. The van der Waals surface area contributed by atoms with Gasteiger partial charge in [-0.3, -0.25) is 0 Å². The molecule has 0 aliphatic carbocycles. The number of aromatic amines is 1. The first-order chi connectivity index (χ1) is 5.81. The number of nitrogens with one attached hydrogen (secondary N) is 1. The quantitative estimate of drug-likeness (QED) is 0.670. The van der Waals surface area contributed by atoms with Crippen molar-refractivity contribution in [3.63, 3.8) is 0 Å². The number of nitriles is 1. The van der Waals surface area contributed by atoms with Crippen LogP contribution in [0.5, 0.6) is 0 Å². The highest BCUT2D eigenvalue weighted by molar-refractivity contribution is 6.35. The SMILES string of the molecule is N#Cc1cc2c(Cl)ccnc2[nH]1. The summed E-state index contributed by atoms with van der Waals surface area (Å²) >= 11 is 5.86. The van der Waals surface area contributed by atoms with Gasteiger partial charge >= 0.3 is 0 Å². The highest BCUT2D eigenvalue weighted by Crippen LogP contribution is 2.21. The third kappa shape index (κ3) is 0.936. The Bertz CT molecular complexity index is 467. The third-order valence-electron chi connectivity index (χ3n) is 1.60. The summed E-state index contributed by atoms with van der Waals surface area (Å²) < 4.78 is 0. The van der Waals surface area contributed by atoms with Gasteiger partial charge in [0.1, 0.15) is 17.4 Å². The lowest BCUT2D eigenvalue weighted by molar-refractivity contribution is 1.29. The van der Waals surface area contributed by atoms with Crippen molar-refractivity contribution >= 4 is 22.6 Å². The van der Waals surface area contributed by atoms with Crippen LogP contribution in [0.4, 0.5) is 0 Å². The summed E-state index contributed by atoms with van der Waals surface area (Å²) in [6.07, 6.45) is 1.60. The van der Waals surface area contributed by atoms with Gasteiger partial charge in [-0.1, -0.05) is 11.6 Å². The maximum Gasteiger partial charge on any atom is 0.139 e. The molecule has 0 aromatic carbocycles. The van der Waals surface area contributed by atoms with Crippen LogP contribution < -0.4 is 0 Å². The molecule has 0 atom stereocenters. The van der Waals surface area contributed by atoms with Gasteiger partial charge in [0.2, 0.25) is 0 Å². The summed E-state index contributed by atoms with van der Waals surface area (Å²) in [5, 5.41) is 9.97. The fraction of sp³-hybridized carbons (Fsp3) is 0. The van der Waals surface area contributed by atoms with E-state index in [1.807, 2.05) is 6.07 Å². The van der Waals surface area contributed by atoms with Crippen molar-refractivity contribution in [2.24, 2.45) is 0 Å². The van der Waals surface area contributed by atoms with Gasteiger partial charge < -0.3 is 4.98 Å². The molecule has 0 aliphatic rings. The standard InChI is InChI=1S/C8H4ClN3/c9-7-1-2-11-8-6(7)3-5(4-10)12-8/h1-3H,(H,11,12). The Morgan fingerprint density at radius 2 is 2.42 bits per heavy atom. The van der Waals surface area contributed by atoms with Crippen LogP contribution in [0.25, 0.3) is 11.0 Å². The second-order valence-corrected chi connectivity index (χ2v) is 2.76. The number of pyridine rings is 1. The van der Waals surface area contributed by atoms with Crippen molar-refractivity contribution < 1.29 is 0 Å². The molecule has 2 aromatic heterocycles. The Morgan fingerprint density at radius 3 is 3.08 bits per heavy atom. The Balaban J connectivity index is 2.85. The highest BCUT2D eigenvalue weighted by atomic mass is 35.5. The van der Waals surface area contributed by atoms with Gasteiger partial charge in [-0.05, 0) is 12.1 Å². The third-order valence-corrected chi connectivity index (χ3v) is 1.93. The number of hydrogen-bond acceptors (Lipinski definition) is 2. The van der Waals surface area contributed by atoms with Crippen LogP contribution in [0.3, 0.4) is 0 Å². The number of hydrogen-bond donors (Lipinski definition) is 1. The minimum absolute atomic E-state index is 0.477. The average Bonchev–Trinajstić information content (AvgIpc) is 2.49. The second-order valence-electron chi connectivity index (χ2n) is 2.35. The summed E-state index contributed by atoms with van der Waals surface area (Å²) in [7, 11) is 0. The van der Waals surface area contributed by atoms with E-state index in [1.165, 1.54) is 0 Å². The van der Waals surface area contributed by atoms with Gasteiger partial charge in [-0.2, -0.15) is 5.26 Å². The lowest BCUT2D eigenvalue weighted by Crippen LogP contribution is -1.74. The molecule has 2 rings (SSSR count). The Morgan fingerprint density at radius 1 is 1.58 bits per heavy atom. The number of rotatable bonds is 0. The van der Waals surface area contributed by atoms with E-state index >= 15 is 0 Å². The second kappa shape index (κ2) is 2.50. The van der Waals surface area contributed by atoms with Crippen LogP contribution in [0.1, 0.15) is 5.69 Å². The van der Waals surface area contributed by atoms with Crippen LogP contribution in [-0.2, 0) is 0 Å². The molecule has 0 aliphatic heterocycles. The summed E-state index contributed by atoms with van der Waals surface area (Å²) in [5.41, 5.74) is 1.13. The molecule has 2 aromatic rings. The van der Waals surface area contributed by atoms with Crippen molar-refractivity contribution in [2.75, 3.05) is 0 Å². The molecule has 0 spiro atoms. The highest BCUT2D eigenvalue weighted by Gasteiger charge is 2.03. The topological polar surface area (TPSA) is 52.5 Å². The molecule has 58 valence electrons. The zero-order valence-corrected chi connectivity index (χ0v) is 6.76. The first-order valence-corrected chi connectivity index (χ1v) is 3.72. The van der Waals surface area contributed by atoms with Crippen LogP contribution in [-0.4, -0.2) is 9.97 Å². The largest absolute Gasteiger partial charge is 0.331 e. The lowest BCUT2D eigenvalue weighted by Gasteiger charge is -1.88. The molecule has 0 radical (unpaired) electrons. The Labute approximate surface area is 73.6 Å². The van der Waals surface area contributed by atoms with E-state index in [9.17, 15) is 0 Å². The van der Waals surface area contributed by atoms with Crippen molar-refractivity contribution in [3.05, 3.63) is 29.0 Å². The van der Waals surface area contributed by atoms with Crippen LogP contribution in [0.15, 0.2) is 18.3 Å². The predicted octanol–water partition coefficient (Wildman–Crippen LogP) is 2.09. The summed E-state index contributed by atoms with van der Waals surface area (Å²) in [4.78, 5) is 6.85. The van der Waals surface area contributed by atoms with E-state index in [1.54, 1.807) is 18.3 Å².